The summed E-state index contributed by atoms with van der Waals surface area (Å²) >= 11 is 0. The summed E-state index contributed by atoms with van der Waals surface area (Å²) in [6.45, 7) is 14.5. The minimum atomic E-state index is -1.09. The Kier molecular flexibility index (Phi) is 24.3. The van der Waals surface area contributed by atoms with Crippen molar-refractivity contribution in [3.63, 3.8) is 0 Å². The molecule has 0 bridgehead atoms. The van der Waals surface area contributed by atoms with E-state index in [-0.39, 0.29) is 47.6 Å². The highest BCUT2D eigenvalue weighted by atomic mass is 16.3. The average Bonchev–Trinajstić information content (AvgIpc) is 2.83. The fourth-order valence-corrected chi connectivity index (χ4v) is 2.82. The van der Waals surface area contributed by atoms with Crippen molar-refractivity contribution in [1.82, 2.24) is 0 Å². The molecule has 0 fully saturated rings. The van der Waals surface area contributed by atoms with Gasteiger partial charge in [0.2, 0.25) is 0 Å². The van der Waals surface area contributed by atoms with E-state index in [0.717, 1.165) is 6.42 Å². The lowest BCUT2D eigenvalue weighted by Gasteiger charge is -2.11. The maximum absolute atomic E-state index is 11.3. The number of aliphatic hydroxyl groups is 3. The summed E-state index contributed by atoms with van der Waals surface area (Å²) in [6.07, 6.45) is 0.252. The number of carbonyl (C=O) groups is 3. The first-order chi connectivity index (χ1) is 17.8. The first-order valence-electron chi connectivity index (χ1n) is 13.4. The van der Waals surface area contributed by atoms with E-state index in [1.165, 1.54) is 0 Å². The molecule has 0 amide bonds. The highest BCUT2D eigenvalue weighted by Gasteiger charge is 2.19. The quantitative estimate of drug-likeness (QED) is 0.0820. The molecule has 3 atom stereocenters. The first kappa shape index (κ1) is 40.8. The van der Waals surface area contributed by atoms with Crippen molar-refractivity contribution in [2.24, 2.45) is 44.9 Å². The van der Waals surface area contributed by atoms with Crippen molar-refractivity contribution in [2.45, 2.75) is 106 Å². The smallest absolute Gasteiger partial charge is 0.186 e. The molecule has 0 aliphatic carbocycles. The van der Waals surface area contributed by atoms with Gasteiger partial charge < -0.3 is 37.9 Å². The molecule has 10 N–H and O–H groups in total. The third-order valence-electron chi connectivity index (χ3n) is 5.17. The molecule has 0 rings (SSSR count). The van der Waals surface area contributed by atoms with Gasteiger partial charge in [0, 0.05) is 30.0 Å². The standard InChI is InChI=1S/C10H20N2O2.C10H19NO2.C7H15N3O2/c1-7(2)10(14)9(13)5-4-6-12-8(3)11;1-7(2)10(13)9(12)6-4-5-8(3)11;1-4(2)6(12)5(11)3-10-7(8)9/h7,9,13H,4-6H2,1-3H3,(H2,11,12);7,9,11-12H,4-6H2,1-3H3;4-5,11H,3H2,1-2H3,(H4,8,9,10). The molecule has 39 heavy (non-hydrogen) atoms. The van der Waals surface area contributed by atoms with Crippen LogP contribution in [0.4, 0.5) is 0 Å². The van der Waals surface area contributed by atoms with Gasteiger partial charge in [0.15, 0.2) is 23.3 Å². The van der Waals surface area contributed by atoms with Gasteiger partial charge in [-0.15, -0.1) is 0 Å². The van der Waals surface area contributed by atoms with E-state index in [9.17, 15) is 24.6 Å². The summed E-state index contributed by atoms with van der Waals surface area (Å²) in [4.78, 5) is 41.0. The number of hydrogen-bond acceptors (Lipinski definition) is 9. The zero-order valence-electron chi connectivity index (χ0n) is 25.1. The second-order valence-electron chi connectivity index (χ2n) is 10.3. The van der Waals surface area contributed by atoms with E-state index < -0.39 is 18.3 Å². The molecule has 0 saturated heterocycles. The fraction of sp³-hybridized carbons (Fsp3) is 0.778. The second-order valence-corrected chi connectivity index (χ2v) is 10.3. The third-order valence-corrected chi connectivity index (χ3v) is 5.17. The van der Waals surface area contributed by atoms with Crippen LogP contribution in [-0.4, -0.2) is 81.6 Å². The molecule has 0 aliphatic heterocycles. The van der Waals surface area contributed by atoms with Gasteiger partial charge >= 0.3 is 0 Å². The Bertz CT molecular complexity index is 788. The number of nitrogens with zero attached hydrogens (tertiary/aromatic N) is 2. The highest BCUT2D eigenvalue weighted by molar-refractivity contribution is 5.86. The van der Waals surface area contributed by atoms with Crippen LogP contribution >= 0.6 is 0 Å². The molecule has 12 heteroatoms. The van der Waals surface area contributed by atoms with Crippen LogP contribution in [0.5, 0.6) is 0 Å². The molecule has 0 aromatic rings. The number of aliphatic hydroxyl groups excluding tert-OH is 3. The molecule has 0 spiro atoms. The summed E-state index contributed by atoms with van der Waals surface area (Å²) in [7, 11) is 0. The van der Waals surface area contributed by atoms with E-state index in [1.54, 1.807) is 55.4 Å². The van der Waals surface area contributed by atoms with Crippen molar-refractivity contribution >= 4 is 34.9 Å². The number of Topliss-reactive ketones (excluding diaryl/α,β-unsaturated/α-hetero) is 3. The summed E-state index contributed by atoms with van der Waals surface area (Å²) in [5.74, 6) is -0.434. The SMILES string of the molecule is CC(=N)CCCC(O)C(=O)C(C)C.CC(C)C(=O)C(O)CN=C(N)N.CC(N)=NCCCC(O)C(=O)C(C)C. The summed E-state index contributed by atoms with van der Waals surface area (Å²) in [5.41, 5.74) is 16.0. The maximum atomic E-state index is 11.3. The van der Waals surface area contributed by atoms with Gasteiger partial charge in [-0.2, -0.15) is 0 Å². The molecule has 3 unspecified atom stereocenters. The number of nitrogens with one attached hydrogen (secondary N) is 1. The summed E-state index contributed by atoms with van der Waals surface area (Å²) in [6, 6.07) is 0. The molecule has 228 valence electrons. The lowest BCUT2D eigenvalue weighted by Crippen LogP contribution is -2.30. The Morgan fingerprint density at radius 3 is 1.41 bits per heavy atom. The van der Waals surface area contributed by atoms with Crippen LogP contribution in [0.15, 0.2) is 9.98 Å². The Hall–Kier alpha value is -2.70. The molecule has 0 heterocycles. The van der Waals surface area contributed by atoms with E-state index in [2.05, 4.69) is 9.98 Å². The second kappa shape index (κ2) is 23.2. The maximum Gasteiger partial charge on any atom is 0.186 e. The lowest BCUT2D eigenvalue weighted by atomic mass is 9.99. The molecule has 0 aliphatic rings. The number of carbonyl (C=O) groups excluding carboxylic acids is 3. The van der Waals surface area contributed by atoms with Crippen LogP contribution in [0.1, 0.15) is 87.5 Å². The van der Waals surface area contributed by atoms with Gasteiger partial charge in [-0.25, -0.2) is 0 Å². The van der Waals surface area contributed by atoms with E-state index >= 15 is 0 Å². The highest BCUT2D eigenvalue weighted by Crippen LogP contribution is 2.08. The molecule has 12 nitrogen and oxygen atoms in total. The van der Waals surface area contributed by atoms with Gasteiger partial charge in [-0.05, 0) is 46.0 Å². The first-order valence-corrected chi connectivity index (χ1v) is 13.4. The van der Waals surface area contributed by atoms with Gasteiger partial charge in [0.05, 0.1) is 12.4 Å². The van der Waals surface area contributed by atoms with Gasteiger partial charge in [-0.1, -0.05) is 41.5 Å². The Morgan fingerprint density at radius 1 is 0.692 bits per heavy atom. The van der Waals surface area contributed by atoms with Crippen molar-refractivity contribution < 1.29 is 29.7 Å². The van der Waals surface area contributed by atoms with Crippen LogP contribution < -0.4 is 17.2 Å². The van der Waals surface area contributed by atoms with E-state index in [4.69, 9.17) is 27.7 Å². The molecule has 0 aromatic carbocycles. The fourth-order valence-electron chi connectivity index (χ4n) is 2.82. The summed E-state index contributed by atoms with van der Waals surface area (Å²) in [5, 5.41) is 35.1. The van der Waals surface area contributed by atoms with Crippen molar-refractivity contribution in [3.05, 3.63) is 0 Å². The zero-order chi connectivity index (χ0) is 31.3. The minimum absolute atomic E-state index is 0.0562. The van der Waals surface area contributed by atoms with Crippen LogP contribution in [0.3, 0.4) is 0 Å². The van der Waals surface area contributed by atoms with Crippen LogP contribution in [0.25, 0.3) is 0 Å². The van der Waals surface area contributed by atoms with E-state index in [0.29, 0.717) is 43.8 Å². The Balaban J connectivity index is -0.000000500. The van der Waals surface area contributed by atoms with Crippen molar-refractivity contribution in [2.75, 3.05) is 13.1 Å². The number of guanidine groups is 1. The third kappa shape index (κ3) is 25.3. The zero-order valence-corrected chi connectivity index (χ0v) is 25.1. The minimum Gasteiger partial charge on any atom is -0.388 e. The molecular weight excluding hydrogens is 504 g/mol. The van der Waals surface area contributed by atoms with Gasteiger partial charge in [0.25, 0.3) is 0 Å². The van der Waals surface area contributed by atoms with Gasteiger partial charge in [-0.3, -0.25) is 24.4 Å². The summed E-state index contributed by atoms with van der Waals surface area (Å²) < 4.78 is 0. The van der Waals surface area contributed by atoms with Crippen molar-refractivity contribution in [1.29, 1.82) is 5.41 Å². The number of hydrogen-bond donors (Lipinski definition) is 7. The number of nitrogens with two attached hydrogens (primary N) is 3. The Labute approximate surface area is 234 Å². The van der Waals surface area contributed by atoms with Gasteiger partial charge in [0.1, 0.15) is 18.3 Å². The van der Waals surface area contributed by atoms with E-state index in [1.807, 2.05) is 0 Å². The number of aliphatic imine (C=N–C) groups is 2. The monoisotopic (exact) mass is 558 g/mol. The topological polar surface area (TPSA) is 239 Å². The number of ketones is 3. The number of rotatable bonds is 16. The normalized spacial score (nSPS) is 13.4. The molecular formula is C27H54N6O6. The molecule has 0 saturated carbocycles. The average molecular weight is 559 g/mol. The van der Waals surface area contributed by atoms with Crippen molar-refractivity contribution in [3.8, 4) is 0 Å². The lowest BCUT2D eigenvalue weighted by molar-refractivity contribution is -0.131. The predicted molar refractivity (Wildman–Crippen MR) is 157 cm³/mol. The largest absolute Gasteiger partial charge is 0.388 e. The van der Waals surface area contributed by atoms with Crippen LogP contribution in [-0.2, 0) is 14.4 Å². The van der Waals surface area contributed by atoms with Crippen LogP contribution in [0, 0.1) is 23.2 Å². The number of amidine groups is 1. The van der Waals surface area contributed by atoms with Crippen LogP contribution in [0.2, 0.25) is 0 Å². The Morgan fingerprint density at radius 2 is 1.08 bits per heavy atom. The predicted octanol–water partition coefficient (Wildman–Crippen LogP) is 1.36. The molecule has 0 aromatic heterocycles. The molecule has 0 radical (unpaired) electrons.